The van der Waals surface area contributed by atoms with Crippen LogP contribution < -0.4 is 14.8 Å². The SMILES string of the molecule is COc1cc(OC)c(NC(=O)Cc2csc3nc(-c4ccccc4)cn23)cc1Cl. The summed E-state index contributed by atoms with van der Waals surface area (Å²) in [6.45, 7) is 0. The van der Waals surface area contributed by atoms with E-state index in [4.69, 9.17) is 21.1 Å². The average Bonchev–Trinajstić information content (AvgIpc) is 3.31. The number of nitrogens with zero attached hydrogens (tertiary/aromatic N) is 2. The van der Waals surface area contributed by atoms with Gasteiger partial charge in [-0.15, -0.1) is 11.3 Å². The molecule has 0 saturated heterocycles. The third-order valence-electron chi connectivity index (χ3n) is 4.44. The maximum atomic E-state index is 12.7. The Balaban J connectivity index is 1.55. The number of carbonyl (C=O) groups excluding carboxylic acids is 1. The molecule has 4 rings (SSSR count). The topological polar surface area (TPSA) is 64.9 Å². The van der Waals surface area contributed by atoms with Crippen LogP contribution in [-0.4, -0.2) is 29.5 Å². The number of amides is 1. The first-order chi connectivity index (χ1) is 14.1. The minimum atomic E-state index is -0.181. The lowest BCUT2D eigenvalue weighted by Gasteiger charge is -2.13. The predicted octanol–water partition coefficient (Wildman–Crippen LogP) is 4.91. The molecule has 0 unspecified atom stereocenters. The van der Waals surface area contributed by atoms with Crippen LogP contribution in [0.15, 0.2) is 54.0 Å². The van der Waals surface area contributed by atoms with Crippen molar-refractivity contribution in [1.29, 1.82) is 0 Å². The van der Waals surface area contributed by atoms with Crippen molar-refractivity contribution < 1.29 is 14.3 Å². The van der Waals surface area contributed by atoms with Crippen molar-refractivity contribution in [2.45, 2.75) is 6.42 Å². The van der Waals surface area contributed by atoms with Crippen molar-refractivity contribution in [2.75, 3.05) is 19.5 Å². The zero-order chi connectivity index (χ0) is 20.4. The minimum absolute atomic E-state index is 0.181. The Kier molecular flexibility index (Phi) is 5.42. The Morgan fingerprint density at radius 3 is 2.66 bits per heavy atom. The van der Waals surface area contributed by atoms with Gasteiger partial charge in [0, 0.05) is 28.9 Å². The van der Waals surface area contributed by atoms with Crippen LogP contribution in [-0.2, 0) is 11.2 Å². The fraction of sp³-hybridized carbons (Fsp3) is 0.143. The lowest BCUT2D eigenvalue weighted by atomic mass is 10.2. The fourth-order valence-electron chi connectivity index (χ4n) is 3.02. The summed E-state index contributed by atoms with van der Waals surface area (Å²) in [5.74, 6) is 0.774. The number of thiazole rings is 1. The third kappa shape index (κ3) is 3.92. The summed E-state index contributed by atoms with van der Waals surface area (Å²) in [5.41, 5.74) is 3.26. The lowest BCUT2D eigenvalue weighted by molar-refractivity contribution is -0.115. The number of halogens is 1. The van der Waals surface area contributed by atoms with Crippen molar-refractivity contribution in [3.63, 3.8) is 0 Å². The second-order valence-electron chi connectivity index (χ2n) is 6.28. The fourth-order valence-corrected chi connectivity index (χ4v) is 4.13. The molecule has 0 aliphatic carbocycles. The van der Waals surface area contributed by atoms with Gasteiger partial charge in [0.25, 0.3) is 0 Å². The zero-order valence-corrected chi connectivity index (χ0v) is 17.4. The molecule has 0 spiro atoms. The number of fused-ring (bicyclic) bond motifs is 1. The van der Waals surface area contributed by atoms with Crippen LogP contribution in [0.5, 0.6) is 11.5 Å². The Hall–Kier alpha value is -3.03. The van der Waals surface area contributed by atoms with Crippen LogP contribution >= 0.6 is 22.9 Å². The molecule has 8 heteroatoms. The van der Waals surface area contributed by atoms with E-state index in [9.17, 15) is 4.79 Å². The van der Waals surface area contributed by atoms with Gasteiger partial charge in [0.15, 0.2) is 4.96 Å². The minimum Gasteiger partial charge on any atom is -0.495 e. The van der Waals surface area contributed by atoms with E-state index in [0.29, 0.717) is 22.2 Å². The number of rotatable bonds is 6. The number of ether oxygens (including phenoxy) is 2. The second-order valence-corrected chi connectivity index (χ2v) is 7.53. The Bertz CT molecular complexity index is 1170. The summed E-state index contributed by atoms with van der Waals surface area (Å²) in [6.07, 6.45) is 2.14. The normalized spacial score (nSPS) is 10.9. The second kappa shape index (κ2) is 8.14. The molecule has 0 saturated carbocycles. The van der Waals surface area contributed by atoms with E-state index in [1.807, 2.05) is 46.3 Å². The number of imidazole rings is 1. The first kappa shape index (κ1) is 19.3. The Morgan fingerprint density at radius 2 is 1.93 bits per heavy atom. The lowest BCUT2D eigenvalue weighted by Crippen LogP contribution is -2.16. The Morgan fingerprint density at radius 1 is 1.17 bits per heavy atom. The van der Waals surface area contributed by atoms with Crippen LogP contribution in [0, 0.1) is 0 Å². The van der Waals surface area contributed by atoms with Gasteiger partial charge in [-0.3, -0.25) is 9.20 Å². The van der Waals surface area contributed by atoms with Crippen LogP contribution in [0.2, 0.25) is 5.02 Å². The summed E-state index contributed by atoms with van der Waals surface area (Å²) >= 11 is 7.68. The smallest absolute Gasteiger partial charge is 0.230 e. The highest BCUT2D eigenvalue weighted by Crippen LogP contribution is 2.36. The Labute approximate surface area is 176 Å². The van der Waals surface area contributed by atoms with Gasteiger partial charge in [-0.05, 0) is 6.07 Å². The molecule has 2 aromatic carbocycles. The largest absolute Gasteiger partial charge is 0.495 e. The number of nitrogens with one attached hydrogen (secondary N) is 1. The molecule has 0 bridgehead atoms. The molecular formula is C21H18ClN3O3S. The third-order valence-corrected chi connectivity index (χ3v) is 5.63. The number of benzene rings is 2. The highest BCUT2D eigenvalue weighted by Gasteiger charge is 2.16. The van der Waals surface area contributed by atoms with Crippen LogP contribution in [0.25, 0.3) is 16.2 Å². The zero-order valence-electron chi connectivity index (χ0n) is 15.8. The molecule has 0 radical (unpaired) electrons. The molecule has 2 aromatic heterocycles. The maximum absolute atomic E-state index is 12.7. The van der Waals surface area contributed by atoms with Gasteiger partial charge in [0.1, 0.15) is 11.5 Å². The highest BCUT2D eigenvalue weighted by molar-refractivity contribution is 7.15. The van der Waals surface area contributed by atoms with Gasteiger partial charge in [-0.2, -0.15) is 0 Å². The van der Waals surface area contributed by atoms with E-state index >= 15 is 0 Å². The number of aromatic nitrogens is 2. The summed E-state index contributed by atoms with van der Waals surface area (Å²) in [4.78, 5) is 18.2. The van der Waals surface area contributed by atoms with E-state index in [1.54, 1.807) is 12.1 Å². The molecule has 0 aliphatic rings. The average molecular weight is 428 g/mol. The molecule has 4 aromatic rings. The van der Waals surface area contributed by atoms with Gasteiger partial charge in [-0.25, -0.2) is 4.98 Å². The molecule has 148 valence electrons. The number of methoxy groups -OCH3 is 2. The molecule has 1 N–H and O–H groups in total. The molecule has 0 atom stereocenters. The van der Waals surface area contributed by atoms with Gasteiger partial charge in [0.05, 0.1) is 37.0 Å². The number of carbonyl (C=O) groups is 1. The van der Waals surface area contributed by atoms with Crippen molar-refractivity contribution in [3.8, 4) is 22.8 Å². The van der Waals surface area contributed by atoms with Gasteiger partial charge in [-0.1, -0.05) is 41.9 Å². The molecule has 1 amide bonds. The molecule has 6 nitrogen and oxygen atoms in total. The van der Waals surface area contributed by atoms with Crippen molar-refractivity contribution in [2.24, 2.45) is 0 Å². The van der Waals surface area contributed by atoms with Crippen LogP contribution in [0.3, 0.4) is 0 Å². The molecule has 0 aliphatic heterocycles. The first-order valence-corrected chi connectivity index (χ1v) is 10.1. The summed E-state index contributed by atoms with van der Waals surface area (Å²) in [7, 11) is 3.05. The maximum Gasteiger partial charge on any atom is 0.230 e. The monoisotopic (exact) mass is 427 g/mol. The van der Waals surface area contributed by atoms with Crippen molar-refractivity contribution in [3.05, 3.63) is 64.8 Å². The summed E-state index contributed by atoms with van der Waals surface area (Å²) in [5, 5.41) is 5.19. The number of anilines is 1. The standard InChI is InChI=1S/C21H18ClN3O3S/c1-27-18-10-19(28-2)16(9-15(18)22)23-20(26)8-14-12-29-21-24-17(11-25(14)21)13-6-4-3-5-7-13/h3-7,9-12H,8H2,1-2H3,(H,23,26). The summed E-state index contributed by atoms with van der Waals surface area (Å²) in [6, 6.07) is 13.2. The number of hydrogen-bond acceptors (Lipinski definition) is 5. The highest BCUT2D eigenvalue weighted by atomic mass is 35.5. The van der Waals surface area contributed by atoms with Crippen molar-refractivity contribution in [1.82, 2.24) is 9.38 Å². The van der Waals surface area contributed by atoms with E-state index in [1.165, 1.54) is 25.6 Å². The number of hydrogen-bond donors (Lipinski definition) is 1. The molecule has 2 heterocycles. The van der Waals surface area contributed by atoms with Gasteiger partial charge < -0.3 is 14.8 Å². The molecule has 29 heavy (non-hydrogen) atoms. The van der Waals surface area contributed by atoms with Crippen molar-refractivity contribution >= 4 is 39.5 Å². The van der Waals surface area contributed by atoms with E-state index < -0.39 is 0 Å². The molecular weight excluding hydrogens is 410 g/mol. The van der Waals surface area contributed by atoms with Crippen LogP contribution in [0.4, 0.5) is 5.69 Å². The molecule has 0 fully saturated rings. The van der Waals surface area contributed by atoms with Gasteiger partial charge in [0.2, 0.25) is 5.91 Å². The predicted molar refractivity (Wildman–Crippen MR) is 115 cm³/mol. The van der Waals surface area contributed by atoms with E-state index in [-0.39, 0.29) is 12.3 Å². The quantitative estimate of drug-likeness (QED) is 0.474. The van der Waals surface area contributed by atoms with Crippen LogP contribution in [0.1, 0.15) is 5.69 Å². The first-order valence-electron chi connectivity index (χ1n) is 8.81. The van der Waals surface area contributed by atoms with Gasteiger partial charge >= 0.3 is 0 Å². The summed E-state index contributed by atoms with van der Waals surface area (Å²) < 4.78 is 12.5. The van der Waals surface area contributed by atoms with E-state index in [0.717, 1.165) is 21.9 Å². The van der Waals surface area contributed by atoms with E-state index in [2.05, 4.69) is 10.3 Å².